The van der Waals surface area contributed by atoms with Crippen LogP contribution in [0.5, 0.6) is 0 Å². The molecule has 1 N–H and O–H groups in total. The maximum Gasteiger partial charge on any atom is 0.258 e. The fourth-order valence-electron chi connectivity index (χ4n) is 1.77. The Morgan fingerprint density at radius 2 is 2.26 bits per heavy atom. The summed E-state index contributed by atoms with van der Waals surface area (Å²) in [6.07, 6.45) is 1.69. The smallest absolute Gasteiger partial charge is 0.258 e. The average Bonchev–Trinajstić information content (AvgIpc) is 2.85. The monoisotopic (exact) mass is 275 g/mol. The van der Waals surface area contributed by atoms with Crippen molar-refractivity contribution in [2.24, 2.45) is 0 Å². The molecule has 3 rings (SSSR count). The maximum atomic E-state index is 13.0. The summed E-state index contributed by atoms with van der Waals surface area (Å²) < 4.78 is 14.5. The molecule has 4 nitrogen and oxygen atoms in total. The second-order valence-corrected chi connectivity index (χ2v) is 4.88. The number of nitrogens with zero attached hydrogens (tertiary/aromatic N) is 2. The van der Waals surface area contributed by atoms with Crippen molar-refractivity contribution in [1.82, 2.24) is 9.38 Å². The molecule has 0 aliphatic carbocycles. The number of aromatic nitrogens is 2. The van der Waals surface area contributed by atoms with E-state index in [0.29, 0.717) is 22.9 Å². The van der Waals surface area contributed by atoms with E-state index in [9.17, 15) is 9.18 Å². The van der Waals surface area contributed by atoms with Crippen LogP contribution >= 0.6 is 11.3 Å². The van der Waals surface area contributed by atoms with Crippen LogP contribution in [-0.4, -0.2) is 9.38 Å². The van der Waals surface area contributed by atoms with Gasteiger partial charge >= 0.3 is 0 Å². The lowest BCUT2D eigenvalue weighted by atomic mass is 10.3. The molecule has 2 heterocycles. The number of anilines is 1. The van der Waals surface area contributed by atoms with Crippen LogP contribution in [0.4, 0.5) is 10.1 Å². The minimum absolute atomic E-state index is 0.109. The van der Waals surface area contributed by atoms with Gasteiger partial charge in [0.25, 0.3) is 5.56 Å². The van der Waals surface area contributed by atoms with Gasteiger partial charge in [0, 0.05) is 23.3 Å². The van der Waals surface area contributed by atoms with Gasteiger partial charge in [-0.15, -0.1) is 11.3 Å². The van der Waals surface area contributed by atoms with E-state index in [1.54, 1.807) is 18.3 Å². The SMILES string of the molecule is O=c1cc(CNc2cccc(F)c2)nc2sccn12. The predicted molar refractivity (Wildman–Crippen MR) is 73.1 cm³/mol. The normalized spacial score (nSPS) is 10.8. The maximum absolute atomic E-state index is 13.0. The Bertz CT molecular complexity index is 781. The van der Waals surface area contributed by atoms with Gasteiger partial charge in [-0.25, -0.2) is 9.37 Å². The third-order valence-electron chi connectivity index (χ3n) is 2.65. The van der Waals surface area contributed by atoms with Crippen molar-refractivity contribution in [3.8, 4) is 0 Å². The first-order valence-electron chi connectivity index (χ1n) is 5.67. The molecule has 96 valence electrons. The number of rotatable bonds is 3. The summed E-state index contributed by atoms with van der Waals surface area (Å²) in [6, 6.07) is 7.65. The van der Waals surface area contributed by atoms with Gasteiger partial charge in [-0.1, -0.05) is 6.07 Å². The van der Waals surface area contributed by atoms with Crippen molar-refractivity contribution in [2.45, 2.75) is 6.54 Å². The average molecular weight is 275 g/mol. The molecule has 0 fully saturated rings. The van der Waals surface area contributed by atoms with Gasteiger partial charge in [0.2, 0.25) is 0 Å². The topological polar surface area (TPSA) is 46.4 Å². The molecule has 0 aliphatic rings. The first kappa shape index (κ1) is 11.9. The summed E-state index contributed by atoms with van der Waals surface area (Å²) >= 11 is 1.40. The Morgan fingerprint density at radius 1 is 1.37 bits per heavy atom. The summed E-state index contributed by atoms with van der Waals surface area (Å²) in [4.78, 5) is 16.8. The molecule has 0 bridgehead atoms. The number of halogens is 1. The highest BCUT2D eigenvalue weighted by atomic mass is 32.1. The fourth-order valence-corrected chi connectivity index (χ4v) is 2.51. The Hall–Kier alpha value is -2.21. The van der Waals surface area contributed by atoms with Gasteiger partial charge in [0.15, 0.2) is 4.96 Å². The molecule has 1 aromatic carbocycles. The fraction of sp³-hybridized carbons (Fsp3) is 0.0769. The highest BCUT2D eigenvalue weighted by Crippen LogP contribution is 2.11. The van der Waals surface area contributed by atoms with Crippen LogP contribution in [0.15, 0.2) is 46.7 Å². The lowest BCUT2D eigenvalue weighted by molar-refractivity contribution is 0.628. The molecule has 0 radical (unpaired) electrons. The van der Waals surface area contributed by atoms with Crippen molar-refractivity contribution >= 4 is 22.0 Å². The van der Waals surface area contributed by atoms with Gasteiger partial charge in [0.05, 0.1) is 12.2 Å². The highest BCUT2D eigenvalue weighted by molar-refractivity contribution is 7.15. The van der Waals surface area contributed by atoms with Gasteiger partial charge < -0.3 is 5.32 Å². The van der Waals surface area contributed by atoms with E-state index in [2.05, 4.69) is 10.3 Å². The summed E-state index contributed by atoms with van der Waals surface area (Å²) in [6.45, 7) is 0.382. The number of hydrogen-bond donors (Lipinski definition) is 1. The zero-order chi connectivity index (χ0) is 13.2. The van der Waals surface area contributed by atoms with Gasteiger partial charge in [-0.2, -0.15) is 0 Å². The summed E-state index contributed by atoms with van der Waals surface area (Å²) in [5, 5.41) is 4.85. The second-order valence-electron chi connectivity index (χ2n) is 4.01. The van der Waals surface area contributed by atoms with Gasteiger partial charge in [-0.05, 0) is 18.2 Å². The zero-order valence-corrected chi connectivity index (χ0v) is 10.7. The van der Waals surface area contributed by atoms with Crippen molar-refractivity contribution in [1.29, 1.82) is 0 Å². The van der Waals surface area contributed by atoms with Crippen LogP contribution in [0.25, 0.3) is 4.96 Å². The standard InChI is InChI=1S/C13H10FN3OS/c14-9-2-1-3-10(6-9)15-8-11-7-12(18)17-4-5-19-13(17)16-11/h1-7,15H,8H2. The summed E-state index contributed by atoms with van der Waals surface area (Å²) in [5.74, 6) is -0.299. The van der Waals surface area contributed by atoms with Crippen molar-refractivity contribution in [3.05, 3.63) is 63.8 Å². The van der Waals surface area contributed by atoms with Crippen molar-refractivity contribution in [3.63, 3.8) is 0 Å². The Morgan fingerprint density at radius 3 is 3.11 bits per heavy atom. The van der Waals surface area contributed by atoms with E-state index in [1.807, 2.05) is 5.38 Å². The van der Waals surface area contributed by atoms with Crippen LogP contribution in [0.2, 0.25) is 0 Å². The van der Waals surface area contributed by atoms with Gasteiger partial charge in [0.1, 0.15) is 5.82 Å². The minimum Gasteiger partial charge on any atom is -0.379 e. The molecule has 0 saturated heterocycles. The molecular weight excluding hydrogens is 265 g/mol. The predicted octanol–water partition coefficient (Wildman–Crippen LogP) is 2.51. The van der Waals surface area contributed by atoms with E-state index < -0.39 is 0 Å². The molecule has 0 saturated carbocycles. The molecule has 2 aromatic heterocycles. The molecule has 0 spiro atoms. The lowest BCUT2D eigenvalue weighted by Crippen LogP contribution is -2.14. The lowest BCUT2D eigenvalue weighted by Gasteiger charge is -2.05. The van der Waals surface area contributed by atoms with E-state index in [1.165, 1.54) is 33.9 Å². The Balaban J connectivity index is 1.83. The number of nitrogens with one attached hydrogen (secondary N) is 1. The molecule has 0 unspecified atom stereocenters. The number of hydrogen-bond acceptors (Lipinski definition) is 4. The molecule has 0 atom stereocenters. The minimum atomic E-state index is -0.299. The van der Waals surface area contributed by atoms with E-state index >= 15 is 0 Å². The van der Waals surface area contributed by atoms with E-state index in [0.717, 1.165) is 0 Å². The molecule has 19 heavy (non-hydrogen) atoms. The largest absolute Gasteiger partial charge is 0.379 e. The second kappa shape index (κ2) is 4.81. The van der Waals surface area contributed by atoms with Crippen LogP contribution in [-0.2, 0) is 6.54 Å². The number of thiazole rings is 1. The van der Waals surface area contributed by atoms with E-state index in [-0.39, 0.29) is 11.4 Å². The molecule has 0 aliphatic heterocycles. The first-order valence-corrected chi connectivity index (χ1v) is 6.55. The Labute approximate surface area is 112 Å². The van der Waals surface area contributed by atoms with Crippen LogP contribution < -0.4 is 10.9 Å². The number of fused-ring (bicyclic) bond motifs is 1. The Kier molecular flexibility index (Phi) is 3.00. The third kappa shape index (κ3) is 2.48. The first-order chi connectivity index (χ1) is 9.22. The van der Waals surface area contributed by atoms with Crippen LogP contribution in [0.1, 0.15) is 5.69 Å². The van der Waals surface area contributed by atoms with Crippen LogP contribution in [0, 0.1) is 5.82 Å². The van der Waals surface area contributed by atoms with E-state index in [4.69, 9.17) is 0 Å². The van der Waals surface area contributed by atoms with Crippen molar-refractivity contribution < 1.29 is 4.39 Å². The summed E-state index contributed by atoms with van der Waals surface area (Å²) in [5.41, 5.74) is 1.19. The van der Waals surface area contributed by atoms with Crippen molar-refractivity contribution in [2.75, 3.05) is 5.32 Å². The highest BCUT2D eigenvalue weighted by Gasteiger charge is 2.03. The molecular formula is C13H10FN3OS. The van der Waals surface area contributed by atoms with Gasteiger partial charge in [-0.3, -0.25) is 9.20 Å². The molecule has 6 heteroatoms. The third-order valence-corrected chi connectivity index (χ3v) is 3.41. The number of benzene rings is 1. The molecule has 0 amide bonds. The van der Waals surface area contributed by atoms with Crippen LogP contribution in [0.3, 0.4) is 0 Å². The zero-order valence-electron chi connectivity index (χ0n) is 9.84. The molecule has 3 aromatic rings. The summed E-state index contributed by atoms with van der Waals surface area (Å²) in [7, 11) is 0. The quantitative estimate of drug-likeness (QED) is 0.799.